The van der Waals surface area contributed by atoms with Gasteiger partial charge in [0.25, 0.3) is 0 Å². The lowest BCUT2D eigenvalue weighted by Gasteiger charge is -2.10. The predicted octanol–water partition coefficient (Wildman–Crippen LogP) is 2.95. The molecule has 0 radical (unpaired) electrons. The van der Waals surface area contributed by atoms with Gasteiger partial charge < -0.3 is 5.11 Å². The third kappa shape index (κ3) is 2.08. The van der Waals surface area contributed by atoms with Crippen molar-refractivity contribution in [2.24, 2.45) is 0 Å². The molecule has 0 saturated carbocycles. The Balaban J connectivity index is 2.50. The Labute approximate surface area is 121 Å². The summed E-state index contributed by atoms with van der Waals surface area (Å²) in [6.45, 7) is 0. The summed E-state index contributed by atoms with van der Waals surface area (Å²) >= 11 is 0. The second kappa shape index (κ2) is 4.43. The van der Waals surface area contributed by atoms with E-state index in [4.69, 9.17) is 5.39 Å². The minimum Gasteiger partial charge on any atom is -0.867 e. The molecule has 0 aliphatic carbocycles. The van der Waals surface area contributed by atoms with Crippen molar-refractivity contribution in [2.75, 3.05) is 6.26 Å². The van der Waals surface area contributed by atoms with Crippen LogP contribution in [0.4, 0.5) is 5.69 Å². The molecule has 0 unspecified atom stereocenters. The largest absolute Gasteiger partial charge is 0.867 e. The van der Waals surface area contributed by atoms with E-state index < -0.39 is 9.84 Å². The van der Waals surface area contributed by atoms with E-state index >= 15 is 0 Å². The Bertz CT molecular complexity index is 1030. The molecule has 3 aromatic carbocycles. The number of nitrogens with zero attached hydrogens (tertiary/aromatic N) is 2. The fourth-order valence-corrected chi connectivity index (χ4v) is 3.33. The standard InChI is InChI=1S/C15H10N2O3S/c1-21(19,20)14-4-2-3-9-8-12-10(7-11(9)14)5-6-13(17-16)15(12)18/h2-8H,1H3. The summed E-state index contributed by atoms with van der Waals surface area (Å²) in [7, 11) is -3.36. The van der Waals surface area contributed by atoms with E-state index in [2.05, 4.69) is 4.98 Å². The van der Waals surface area contributed by atoms with Gasteiger partial charge in [-0.15, -0.1) is 0 Å². The van der Waals surface area contributed by atoms with Crippen LogP contribution in [0.1, 0.15) is 0 Å². The van der Waals surface area contributed by atoms with Crippen molar-refractivity contribution >= 4 is 37.1 Å². The lowest BCUT2D eigenvalue weighted by Crippen LogP contribution is -1.98. The van der Waals surface area contributed by atoms with Crippen LogP contribution in [0.3, 0.4) is 0 Å². The van der Waals surface area contributed by atoms with E-state index in [1.807, 2.05) is 0 Å². The lowest BCUT2D eigenvalue weighted by molar-refractivity contribution is -0.264. The van der Waals surface area contributed by atoms with Crippen LogP contribution in [0.5, 0.6) is 5.75 Å². The zero-order chi connectivity index (χ0) is 15.2. The monoisotopic (exact) mass is 298 g/mol. The molecule has 0 fully saturated rings. The molecule has 0 spiro atoms. The van der Waals surface area contributed by atoms with Crippen LogP contribution in [0.2, 0.25) is 0 Å². The van der Waals surface area contributed by atoms with Crippen LogP contribution < -0.4 is 5.11 Å². The number of hydrogen-bond acceptors (Lipinski definition) is 4. The van der Waals surface area contributed by atoms with Crippen molar-refractivity contribution in [3.05, 3.63) is 47.4 Å². The first-order chi connectivity index (χ1) is 9.91. The zero-order valence-electron chi connectivity index (χ0n) is 11.1. The van der Waals surface area contributed by atoms with Crippen molar-refractivity contribution in [3.8, 4) is 5.75 Å². The highest BCUT2D eigenvalue weighted by Crippen LogP contribution is 2.36. The van der Waals surface area contributed by atoms with Gasteiger partial charge in [-0.3, -0.25) is 0 Å². The van der Waals surface area contributed by atoms with E-state index in [0.29, 0.717) is 21.5 Å². The van der Waals surface area contributed by atoms with E-state index in [-0.39, 0.29) is 16.3 Å². The highest BCUT2D eigenvalue weighted by atomic mass is 32.2. The van der Waals surface area contributed by atoms with Crippen molar-refractivity contribution in [1.82, 2.24) is 0 Å². The molecule has 0 heterocycles. The van der Waals surface area contributed by atoms with Crippen molar-refractivity contribution < 1.29 is 13.5 Å². The summed E-state index contributed by atoms with van der Waals surface area (Å²) in [6, 6.07) is 11.2. The summed E-state index contributed by atoms with van der Waals surface area (Å²) in [4.78, 5) is 3.18. The fourth-order valence-electron chi connectivity index (χ4n) is 2.43. The highest BCUT2D eigenvalue weighted by Gasteiger charge is 2.14. The van der Waals surface area contributed by atoms with Crippen LogP contribution in [-0.4, -0.2) is 14.7 Å². The van der Waals surface area contributed by atoms with Gasteiger partial charge in [0.15, 0.2) is 14.8 Å². The summed E-state index contributed by atoms with van der Waals surface area (Å²) < 4.78 is 23.7. The fraction of sp³-hybridized carbons (Fsp3) is 0.0667. The van der Waals surface area contributed by atoms with Gasteiger partial charge in [0.1, 0.15) is 0 Å². The Hall–Kier alpha value is -2.65. The normalized spacial score (nSPS) is 11.6. The maximum absolute atomic E-state index is 12.1. The molecular formula is C15H10N2O3S. The molecule has 104 valence electrons. The van der Waals surface area contributed by atoms with Crippen molar-refractivity contribution in [2.45, 2.75) is 4.90 Å². The van der Waals surface area contributed by atoms with E-state index in [9.17, 15) is 13.5 Å². The van der Waals surface area contributed by atoms with Gasteiger partial charge in [0, 0.05) is 17.7 Å². The van der Waals surface area contributed by atoms with Crippen molar-refractivity contribution in [1.29, 1.82) is 5.39 Å². The molecule has 0 atom stereocenters. The maximum Gasteiger partial charge on any atom is 0.378 e. The third-order valence-corrected chi connectivity index (χ3v) is 4.57. The first-order valence-corrected chi connectivity index (χ1v) is 8.02. The molecule has 0 saturated heterocycles. The summed E-state index contributed by atoms with van der Waals surface area (Å²) in [5.41, 5.74) is -0.0406. The Morgan fingerprint density at radius 1 is 1.05 bits per heavy atom. The Morgan fingerprint density at radius 2 is 1.71 bits per heavy atom. The molecule has 5 nitrogen and oxygen atoms in total. The summed E-state index contributed by atoms with van der Waals surface area (Å²) in [5.74, 6) is -0.387. The van der Waals surface area contributed by atoms with Gasteiger partial charge >= 0.3 is 5.69 Å². The van der Waals surface area contributed by atoms with E-state index in [1.54, 1.807) is 36.4 Å². The van der Waals surface area contributed by atoms with Gasteiger partial charge in [-0.05, 0) is 46.2 Å². The van der Waals surface area contributed by atoms with Crippen LogP contribution in [-0.2, 0) is 9.84 Å². The SMILES string of the molecule is CS(=O)(=O)c1cccc2cc3c([O-])c([N+]#N)ccc3cc12. The van der Waals surface area contributed by atoms with E-state index in [1.165, 1.54) is 6.07 Å². The number of diazo groups is 1. The number of fused-ring (bicyclic) bond motifs is 2. The second-order valence-electron chi connectivity index (χ2n) is 4.84. The molecule has 3 aromatic rings. The number of hydrogen-bond donors (Lipinski definition) is 0. The van der Waals surface area contributed by atoms with Crippen LogP contribution in [0, 0.1) is 5.39 Å². The second-order valence-corrected chi connectivity index (χ2v) is 6.82. The molecular weight excluding hydrogens is 288 g/mol. The van der Waals surface area contributed by atoms with Gasteiger partial charge in [0.2, 0.25) is 5.39 Å². The molecule has 0 aromatic heterocycles. The Kier molecular flexibility index (Phi) is 2.81. The molecule has 3 rings (SSSR count). The molecule has 21 heavy (non-hydrogen) atoms. The predicted molar refractivity (Wildman–Crippen MR) is 78.8 cm³/mol. The average Bonchev–Trinajstić information content (AvgIpc) is 2.44. The minimum absolute atomic E-state index is 0.0406. The van der Waals surface area contributed by atoms with Crippen LogP contribution >= 0.6 is 0 Å². The summed E-state index contributed by atoms with van der Waals surface area (Å²) in [6.07, 6.45) is 1.15. The number of benzene rings is 3. The molecule has 0 aliphatic rings. The van der Waals surface area contributed by atoms with Crippen LogP contribution in [0.25, 0.3) is 26.5 Å². The van der Waals surface area contributed by atoms with Crippen LogP contribution in [0.15, 0.2) is 47.4 Å². The molecule has 0 N–H and O–H groups in total. The molecule has 6 heteroatoms. The van der Waals surface area contributed by atoms with Gasteiger partial charge in [0.05, 0.1) is 4.90 Å². The number of sulfone groups is 1. The third-order valence-electron chi connectivity index (χ3n) is 3.42. The van der Waals surface area contributed by atoms with E-state index in [0.717, 1.165) is 6.26 Å². The highest BCUT2D eigenvalue weighted by molar-refractivity contribution is 7.91. The Morgan fingerprint density at radius 3 is 2.38 bits per heavy atom. The summed E-state index contributed by atoms with van der Waals surface area (Å²) in [5, 5.41) is 23.1. The van der Waals surface area contributed by atoms with Crippen molar-refractivity contribution in [3.63, 3.8) is 0 Å². The molecule has 0 aliphatic heterocycles. The van der Waals surface area contributed by atoms with Gasteiger partial charge in [-0.1, -0.05) is 12.1 Å². The first-order valence-electron chi connectivity index (χ1n) is 6.13. The molecule has 0 bridgehead atoms. The number of rotatable bonds is 1. The maximum atomic E-state index is 12.1. The van der Waals surface area contributed by atoms with Gasteiger partial charge in [-0.25, -0.2) is 8.42 Å². The zero-order valence-corrected chi connectivity index (χ0v) is 11.9. The smallest absolute Gasteiger partial charge is 0.378 e. The molecule has 0 amide bonds. The average molecular weight is 298 g/mol. The quantitative estimate of drug-likeness (QED) is 0.510. The van der Waals surface area contributed by atoms with Gasteiger partial charge in [-0.2, -0.15) is 0 Å². The first kappa shape index (κ1) is 13.3. The minimum atomic E-state index is -3.36. The topological polar surface area (TPSA) is 85.3 Å². The lowest BCUT2D eigenvalue weighted by atomic mass is 10.0.